The number of alkyl carbamates (subject to hydrolysis) is 1. The zero-order valence-electron chi connectivity index (χ0n) is 21.3. The Morgan fingerprint density at radius 2 is 1.76 bits per heavy atom. The number of nitrogens with zero attached hydrogens (tertiary/aromatic N) is 4. The molecule has 3 heterocycles. The summed E-state index contributed by atoms with van der Waals surface area (Å²) in [7, 11) is 0. The molecule has 1 unspecified atom stereocenters. The monoisotopic (exact) mass is 553 g/mol. The van der Waals surface area contributed by atoms with Crippen molar-refractivity contribution >= 4 is 17.9 Å². The molecule has 3 amide bonds. The third-order valence-corrected chi connectivity index (χ3v) is 5.93. The Morgan fingerprint density at radius 1 is 1.11 bits per heavy atom. The van der Waals surface area contributed by atoms with Crippen LogP contribution >= 0.6 is 0 Å². The van der Waals surface area contributed by atoms with Crippen LogP contribution < -0.4 is 5.32 Å². The van der Waals surface area contributed by atoms with Crippen molar-refractivity contribution in [1.82, 2.24) is 25.1 Å². The third-order valence-electron chi connectivity index (χ3n) is 5.93. The van der Waals surface area contributed by atoms with Crippen LogP contribution in [0.4, 0.5) is 31.1 Å². The van der Waals surface area contributed by atoms with E-state index >= 15 is 0 Å². The Morgan fingerprint density at radius 3 is 2.29 bits per heavy atom. The van der Waals surface area contributed by atoms with E-state index in [0.29, 0.717) is 13.0 Å². The summed E-state index contributed by atoms with van der Waals surface area (Å²) in [5.74, 6) is -2.67. The molecule has 1 aromatic heterocycles. The summed E-state index contributed by atoms with van der Waals surface area (Å²) in [5, 5.41) is 2.56. The molecule has 1 fully saturated rings. The number of fused-ring (bicyclic) bond motifs is 1. The highest BCUT2D eigenvalue weighted by Crippen LogP contribution is 2.36. The molecule has 2 aliphatic rings. The van der Waals surface area contributed by atoms with E-state index in [9.17, 15) is 40.7 Å². The number of rotatable bonds is 5. The smallest absolute Gasteiger partial charge is 0.444 e. The molecule has 0 aromatic carbocycles. The Hall–Kier alpha value is -3.13. The number of nitrogens with one attached hydrogen (secondary N) is 1. The second kappa shape index (κ2) is 10.6. The lowest BCUT2D eigenvalue weighted by molar-refractivity contribution is -0.153. The number of amides is 3. The molecule has 1 aromatic rings. The van der Waals surface area contributed by atoms with Crippen molar-refractivity contribution in [2.24, 2.45) is 5.92 Å². The van der Waals surface area contributed by atoms with Crippen molar-refractivity contribution in [3.8, 4) is 0 Å². The summed E-state index contributed by atoms with van der Waals surface area (Å²) in [6.45, 7) is 6.35. The van der Waals surface area contributed by atoms with Gasteiger partial charge in [0.15, 0.2) is 5.69 Å². The van der Waals surface area contributed by atoms with Crippen LogP contribution in [0.2, 0.25) is 0 Å². The lowest BCUT2D eigenvalue weighted by atomic mass is 10.0. The first-order valence-corrected chi connectivity index (χ1v) is 11.9. The zero-order chi connectivity index (χ0) is 28.6. The van der Waals surface area contributed by atoms with Gasteiger partial charge in [0.2, 0.25) is 17.6 Å². The first-order valence-electron chi connectivity index (χ1n) is 11.9. The molecule has 0 radical (unpaired) electrons. The average molecular weight is 554 g/mol. The molecule has 38 heavy (non-hydrogen) atoms. The highest BCUT2D eigenvalue weighted by Gasteiger charge is 2.44. The summed E-state index contributed by atoms with van der Waals surface area (Å²) in [6.07, 6.45) is -11.7. The molecule has 0 saturated carbocycles. The van der Waals surface area contributed by atoms with Crippen LogP contribution in [0.5, 0.6) is 0 Å². The van der Waals surface area contributed by atoms with E-state index in [4.69, 9.17) is 4.74 Å². The lowest BCUT2D eigenvalue weighted by Gasteiger charge is -2.32. The van der Waals surface area contributed by atoms with Crippen LogP contribution in [0.3, 0.4) is 0 Å². The fourth-order valence-electron chi connectivity index (χ4n) is 4.39. The van der Waals surface area contributed by atoms with Gasteiger partial charge in [-0.15, -0.1) is 0 Å². The van der Waals surface area contributed by atoms with Crippen LogP contribution in [-0.2, 0) is 39.6 Å². The summed E-state index contributed by atoms with van der Waals surface area (Å²) >= 11 is 0. The average Bonchev–Trinajstić information content (AvgIpc) is 3.06. The van der Waals surface area contributed by atoms with Crippen LogP contribution in [0.1, 0.15) is 63.3 Å². The van der Waals surface area contributed by atoms with Gasteiger partial charge in [-0.25, -0.2) is 14.8 Å². The van der Waals surface area contributed by atoms with Crippen molar-refractivity contribution in [2.75, 3.05) is 19.6 Å². The van der Waals surface area contributed by atoms with Gasteiger partial charge in [0, 0.05) is 38.0 Å². The van der Waals surface area contributed by atoms with E-state index in [0.717, 1.165) is 4.90 Å². The molecule has 2 atom stereocenters. The van der Waals surface area contributed by atoms with Gasteiger partial charge in [-0.05, 0) is 33.1 Å². The number of alkyl halides is 6. The molecule has 1 N–H and O–H groups in total. The van der Waals surface area contributed by atoms with Crippen LogP contribution in [0, 0.1) is 5.92 Å². The molecule has 0 aliphatic carbocycles. The van der Waals surface area contributed by atoms with Gasteiger partial charge in [-0.1, -0.05) is 6.92 Å². The predicted octanol–water partition coefficient (Wildman–Crippen LogP) is 3.55. The topological polar surface area (TPSA) is 105 Å². The highest BCUT2D eigenvalue weighted by atomic mass is 19.4. The summed E-state index contributed by atoms with van der Waals surface area (Å²) < 4.78 is 85.1. The number of carbonyl (C=O) groups excluding carboxylic acids is 3. The van der Waals surface area contributed by atoms with Gasteiger partial charge < -0.3 is 19.9 Å². The second-order valence-electron chi connectivity index (χ2n) is 10.5. The van der Waals surface area contributed by atoms with Crippen molar-refractivity contribution in [2.45, 2.75) is 77.5 Å². The number of hydrogen-bond acceptors (Lipinski definition) is 6. The second-order valence-corrected chi connectivity index (χ2v) is 10.5. The molecule has 9 nitrogen and oxygen atoms in total. The number of ether oxygens (including phenoxy) is 1. The minimum absolute atomic E-state index is 0.0167. The maximum absolute atomic E-state index is 13.4. The lowest BCUT2D eigenvalue weighted by Crippen LogP contribution is -2.49. The molecule has 2 aliphatic heterocycles. The van der Waals surface area contributed by atoms with Gasteiger partial charge in [-0.3, -0.25) is 9.59 Å². The van der Waals surface area contributed by atoms with E-state index in [2.05, 4.69) is 15.3 Å². The fraction of sp³-hybridized carbons (Fsp3) is 0.696. The number of halogens is 6. The summed E-state index contributed by atoms with van der Waals surface area (Å²) in [4.78, 5) is 46.3. The van der Waals surface area contributed by atoms with Gasteiger partial charge in [0.25, 0.3) is 0 Å². The normalized spacial score (nSPS) is 19.3. The van der Waals surface area contributed by atoms with Crippen LogP contribution in [0.25, 0.3) is 0 Å². The SMILES string of the molecule is CC1CC(=O)N(C[C@H](CC(=O)N2CCc3c(nc(C(F)(F)F)nc3C(F)(F)F)C2)NC(=O)OC(C)(C)C)C1. The summed E-state index contributed by atoms with van der Waals surface area (Å²) in [6, 6.07) is -0.908. The molecule has 0 spiro atoms. The van der Waals surface area contributed by atoms with Gasteiger partial charge in [0.1, 0.15) is 5.60 Å². The number of carbonyl (C=O) groups is 3. The van der Waals surface area contributed by atoms with Gasteiger partial charge >= 0.3 is 18.4 Å². The Labute approximate surface area is 214 Å². The van der Waals surface area contributed by atoms with Crippen molar-refractivity contribution < 1.29 is 45.5 Å². The van der Waals surface area contributed by atoms with E-state index in [1.165, 1.54) is 4.90 Å². The van der Waals surface area contributed by atoms with E-state index in [1.807, 2.05) is 6.92 Å². The first-order chi connectivity index (χ1) is 17.3. The first kappa shape index (κ1) is 29.4. The Bertz CT molecular complexity index is 1090. The minimum Gasteiger partial charge on any atom is -0.444 e. The van der Waals surface area contributed by atoms with Crippen LogP contribution in [0.15, 0.2) is 0 Å². The standard InChI is InChI=1S/C23H29F6N5O4/c1-12-7-16(35)34(9-12)10-13(30-20(37)38-21(2,3)4)8-17(36)33-6-5-14-15(11-33)31-19(23(27,28)29)32-18(14)22(24,25)26/h12-13H,5-11H2,1-4H3,(H,30,37)/t12?,13-/m0/s1. The van der Waals surface area contributed by atoms with E-state index in [1.54, 1.807) is 20.8 Å². The molecular weight excluding hydrogens is 524 g/mol. The van der Waals surface area contributed by atoms with E-state index in [-0.39, 0.29) is 31.3 Å². The molecule has 0 bridgehead atoms. The molecule has 212 valence electrons. The predicted molar refractivity (Wildman–Crippen MR) is 119 cm³/mol. The molecular formula is C23H29F6N5O4. The third kappa shape index (κ3) is 7.47. The molecule has 3 rings (SSSR count). The minimum atomic E-state index is -5.22. The Kier molecular flexibility index (Phi) is 8.18. The Balaban J connectivity index is 1.81. The molecule has 15 heteroatoms. The van der Waals surface area contributed by atoms with Crippen LogP contribution in [-0.4, -0.2) is 69.0 Å². The van der Waals surface area contributed by atoms with Gasteiger partial charge in [0.05, 0.1) is 18.3 Å². The number of likely N-dealkylation sites (tertiary alicyclic amines) is 1. The number of hydrogen-bond donors (Lipinski definition) is 1. The van der Waals surface area contributed by atoms with Crippen molar-refractivity contribution in [3.63, 3.8) is 0 Å². The molecule has 1 saturated heterocycles. The maximum Gasteiger partial charge on any atom is 0.451 e. The zero-order valence-corrected chi connectivity index (χ0v) is 21.3. The van der Waals surface area contributed by atoms with E-state index < -0.39 is 71.7 Å². The summed E-state index contributed by atoms with van der Waals surface area (Å²) in [5.41, 5.74) is -3.55. The van der Waals surface area contributed by atoms with Crippen molar-refractivity contribution in [1.29, 1.82) is 0 Å². The quantitative estimate of drug-likeness (QED) is 0.560. The van der Waals surface area contributed by atoms with Gasteiger partial charge in [-0.2, -0.15) is 26.3 Å². The largest absolute Gasteiger partial charge is 0.451 e. The fourth-order valence-corrected chi connectivity index (χ4v) is 4.39. The number of aromatic nitrogens is 2. The highest BCUT2D eigenvalue weighted by molar-refractivity contribution is 5.80. The maximum atomic E-state index is 13.4. The van der Waals surface area contributed by atoms with Crippen molar-refractivity contribution in [3.05, 3.63) is 22.8 Å².